The number of ether oxygens (including phenoxy) is 1. The van der Waals surface area contributed by atoms with Gasteiger partial charge in [0, 0.05) is 12.1 Å². The third-order valence-corrected chi connectivity index (χ3v) is 6.10. The normalized spacial score (nSPS) is 14.5. The molecule has 7 nitrogen and oxygen atoms in total. The fourth-order valence-corrected chi connectivity index (χ4v) is 4.72. The van der Waals surface area contributed by atoms with Crippen molar-refractivity contribution in [2.75, 3.05) is 5.01 Å². The van der Waals surface area contributed by atoms with Crippen LogP contribution in [0.1, 0.15) is 18.1 Å². The van der Waals surface area contributed by atoms with Crippen molar-refractivity contribution in [2.45, 2.75) is 13.5 Å². The lowest BCUT2D eigenvalue weighted by atomic mass is 10.1. The van der Waals surface area contributed by atoms with E-state index in [9.17, 15) is 14.9 Å². The monoisotopic (exact) mass is 569 g/mol. The minimum absolute atomic E-state index is 0.0321. The number of rotatable bonds is 6. The zero-order valence-corrected chi connectivity index (χ0v) is 20.5. The van der Waals surface area contributed by atoms with Crippen LogP contribution >= 0.6 is 31.9 Å². The standard InChI is InChI=1S/C24H17Br2N3O4/c1-15-20(24(30)28(27-15)18-5-3-2-4-6-18)11-17-12-21(25)23(22(26)13-17)33-14-16-7-9-19(10-8-16)29(31)32/h2-13H,14H2,1H3/b20-11+. The summed E-state index contributed by atoms with van der Waals surface area (Å²) in [5.74, 6) is 0.397. The number of nitro benzene ring substituents is 1. The molecule has 1 aliphatic heterocycles. The van der Waals surface area contributed by atoms with Crippen LogP contribution in [0, 0.1) is 10.1 Å². The summed E-state index contributed by atoms with van der Waals surface area (Å²) in [6.07, 6.45) is 1.79. The molecule has 1 heterocycles. The highest BCUT2D eigenvalue weighted by Gasteiger charge is 2.28. The molecule has 0 N–H and O–H groups in total. The Kier molecular flexibility index (Phi) is 6.71. The molecule has 4 rings (SSSR count). The first-order valence-corrected chi connectivity index (χ1v) is 11.4. The van der Waals surface area contributed by atoms with Crippen LogP contribution < -0.4 is 9.75 Å². The number of anilines is 1. The number of hydrazone groups is 1. The van der Waals surface area contributed by atoms with Gasteiger partial charge in [0.1, 0.15) is 12.4 Å². The van der Waals surface area contributed by atoms with E-state index in [0.717, 1.165) is 11.1 Å². The highest BCUT2D eigenvalue weighted by molar-refractivity contribution is 9.11. The lowest BCUT2D eigenvalue weighted by Gasteiger charge is -2.12. The van der Waals surface area contributed by atoms with E-state index >= 15 is 0 Å². The van der Waals surface area contributed by atoms with E-state index in [2.05, 4.69) is 37.0 Å². The van der Waals surface area contributed by atoms with Crippen molar-refractivity contribution in [3.8, 4) is 5.75 Å². The number of halogens is 2. The van der Waals surface area contributed by atoms with Gasteiger partial charge < -0.3 is 4.74 Å². The number of nitro groups is 1. The maximum atomic E-state index is 12.9. The van der Waals surface area contributed by atoms with E-state index in [4.69, 9.17) is 4.74 Å². The minimum Gasteiger partial charge on any atom is -0.487 e. The summed E-state index contributed by atoms with van der Waals surface area (Å²) in [6.45, 7) is 2.05. The molecule has 0 atom stereocenters. The van der Waals surface area contributed by atoms with Crippen LogP contribution in [0.25, 0.3) is 6.08 Å². The molecule has 0 spiro atoms. The summed E-state index contributed by atoms with van der Waals surface area (Å²) in [5, 5.41) is 16.6. The number of hydrogen-bond donors (Lipinski definition) is 0. The average Bonchev–Trinajstić information content (AvgIpc) is 3.08. The first-order valence-electron chi connectivity index (χ1n) is 9.85. The second-order valence-corrected chi connectivity index (χ2v) is 8.93. The Bertz CT molecular complexity index is 1270. The maximum absolute atomic E-state index is 12.9. The molecule has 0 fully saturated rings. The van der Waals surface area contributed by atoms with Gasteiger partial charge in [-0.2, -0.15) is 10.1 Å². The van der Waals surface area contributed by atoms with Crippen LogP contribution in [0.3, 0.4) is 0 Å². The molecule has 3 aromatic carbocycles. The van der Waals surface area contributed by atoms with Crippen molar-refractivity contribution in [1.29, 1.82) is 0 Å². The number of carbonyl (C=O) groups is 1. The lowest BCUT2D eigenvalue weighted by Crippen LogP contribution is -2.21. The quantitative estimate of drug-likeness (QED) is 0.192. The molecule has 0 aliphatic carbocycles. The number of non-ortho nitro benzene ring substituents is 1. The summed E-state index contributed by atoms with van der Waals surface area (Å²) in [6, 6.07) is 19.2. The van der Waals surface area contributed by atoms with Crippen LogP contribution in [0.2, 0.25) is 0 Å². The Labute approximate surface area is 206 Å². The molecular weight excluding hydrogens is 554 g/mol. The van der Waals surface area contributed by atoms with Crippen molar-refractivity contribution in [1.82, 2.24) is 0 Å². The number of carbonyl (C=O) groups excluding carboxylic acids is 1. The van der Waals surface area contributed by atoms with Gasteiger partial charge in [-0.3, -0.25) is 14.9 Å². The van der Waals surface area contributed by atoms with E-state index < -0.39 is 4.92 Å². The topological polar surface area (TPSA) is 85.0 Å². The highest BCUT2D eigenvalue weighted by atomic mass is 79.9. The number of nitrogens with zero attached hydrogens (tertiary/aromatic N) is 3. The van der Waals surface area contributed by atoms with Crippen molar-refractivity contribution in [3.63, 3.8) is 0 Å². The molecule has 166 valence electrons. The summed E-state index contributed by atoms with van der Waals surface area (Å²) < 4.78 is 7.31. The molecule has 33 heavy (non-hydrogen) atoms. The van der Waals surface area contributed by atoms with Crippen LogP contribution in [0.4, 0.5) is 11.4 Å². The molecule has 0 radical (unpaired) electrons. The zero-order valence-electron chi connectivity index (χ0n) is 17.4. The molecule has 0 aromatic heterocycles. The highest BCUT2D eigenvalue weighted by Crippen LogP contribution is 2.36. The largest absolute Gasteiger partial charge is 0.487 e. The van der Waals surface area contributed by atoms with Crippen LogP contribution in [0.15, 0.2) is 86.3 Å². The van der Waals surface area contributed by atoms with Gasteiger partial charge in [0.05, 0.1) is 30.8 Å². The maximum Gasteiger partial charge on any atom is 0.280 e. The second-order valence-electron chi connectivity index (χ2n) is 7.22. The predicted octanol–water partition coefficient (Wildman–Crippen LogP) is 6.50. The van der Waals surface area contributed by atoms with E-state index in [1.165, 1.54) is 17.1 Å². The first kappa shape index (κ1) is 22.9. The van der Waals surface area contributed by atoms with E-state index in [-0.39, 0.29) is 18.2 Å². The second kappa shape index (κ2) is 9.68. The molecule has 0 saturated carbocycles. The zero-order chi connectivity index (χ0) is 23.5. The van der Waals surface area contributed by atoms with Crippen LogP contribution in [-0.2, 0) is 11.4 Å². The van der Waals surface area contributed by atoms with Crippen molar-refractivity contribution < 1.29 is 14.5 Å². The summed E-state index contributed by atoms with van der Waals surface area (Å²) in [7, 11) is 0. The van der Waals surface area contributed by atoms with E-state index in [1.54, 1.807) is 25.1 Å². The van der Waals surface area contributed by atoms with Gasteiger partial charge in [-0.15, -0.1) is 0 Å². The van der Waals surface area contributed by atoms with Gasteiger partial charge in [0.25, 0.3) is 11.6 Å². The molecule has 0 bridgehead atoms. The third-order valence-electron chi connectivity index (χ3n) is 4.93. The SMILES string of the molecule is CC1=NN(c2ccccc2)C(=O)/C1=C/c1cc(Br)c(OCc2ccc([N+](=O)[O-])cc2)c(Br)c1. The first-order chi connectivity index (χ1) is 15.8. The van der Waals surface area contributed by atoms with Gasteiger partial charge in [-0.25, -0.2) is 0 Å². The Morgan fingerprint density at radius 1 is 1.06 bits per heavy atom. The number of para-hydroxylation sites is 1. The van der Waals surface area contributed by atoms with E-state index in [1.807, 2.05) is 42.5 Å². The summed E-state index contributed by atoms with van der Waals surface area (Å²) in [5.41, 5.74) is 3.48. The van der Waals surface area contributed by atoms with Gasteiger partial charge in [-0.1, -0.05) is 18.2 Å². The fourth-order valence-electron chi connectivity index (χ4n) is 3.27. The number of benzene rings is 3. The minimum atomic E-state index is -0.439. The molecule has 3 aromatic rings. The molecule has 9 heteroatoms. The Balaban J connectivity index is 1.52. The lowest BCUT2D eigenvalue weighted by molar-refractivity contribution is -0.384. The van der Waals surface area contributed by atoms with Crippen LogP contribution in [-0.4, -0.2) is 16.5 Å². The Morgan fingerprint density at radius 3 is 2.30 bits per heavy atom. The molecule has 1 aliphatic rings. The average molecular weight is 571 g/mol. The van der Waals surface area contributed by atoms with Gasteiger partial charge in [0.15, 0.2) is 0 Å². The fraction of sp³-hybridized carbons (Fsp3) is 0.0833. The molecule has 0 unspecified atom stereocenters. The Hall–Kier alpha value is -3.30. The third kappa shape index (κ3) is 5.04. The number of amides is 1. The molecular formula is C24H17Br2N3O4. The van der Waals surface area contributed by atoms with Gasteiger partial charge >= 0.3 is 0 Å². The molecule has 1 amide bonds. The van der Waals surface area contributed by atoms with Crippen LogP contribution in [0.5, 0.6) is 5.75 Å². The van der Waals surface area contributed by atoms with Crippen molar-refractivity contribution in [3.05, 3.63) is 102 Å². The summed E-state index contributed by atoms with van der Waals surface area (Å²) in [4.78, 5) is 23.3. The van der Waals surface area contributed by atoms with Crippen molar-refractivity contribution >= 4 is 60.9 Å². The van der Waals surface area contributed by atoms with Gasteiger partial charge in [0.2, 0.25) is 0 Å². The smallest absolute Gasteiger partial charge is 0.280 e. The summed E-state index contributed by atoms with van der Waals surface area (Å²) >= 11 is 7.06. The van der Waals surface area contributed by atoms with E-state index in [0.29, 0.717) is 31.7 Å². The van der Waals surface area contributed by atoms with Crippen molar-refractivity contribution in [2.24, 2.45) is 5.10 Å². The molecule has 0 saturated heterocycles. The number of hydrogen-bond acceptors (Lipinski definition) is 5. The Morgan fingerprint density at radius 2 is 1.70 bits per heavy atom. The predicted molar refractivity (Wildman–Crippen MR) is 134 cm³/mol. The van der Waals surface area contributed by atoms with Gasteiger partial charge in [-0.05, 0) is 92.4 Å².